The van der Waals surface area contributed by atoms with Gasteiger partial charge in [0.15, 0.2) is 10.6 Å². The first-order valence-corrected chi connectivity index (χ1v) is 13.1. The number of carbonyl (C=O) groups is 1. The van der Waals surface area contributed by atoms with Crippen LogP contribution < -0.4 is 19.6 Å². The van der Waals surface area contributed by atoms with Crippen LogP contribution in [0.4, 0.5) is 10.1 Å². The number of fused-ring (bicyclic) bond motifs is 1. The standard InChI is InChI=1S/C29H22FN3O7S/c1-3-40-28(36)23-24(17-7-5-4-6-8-17)31-29-32(25(23)18-9-11-19(30)12-10-18)27(35)22(41-29)15-16-13-20(33(37)38)26(34)21(14-16)39-2/h4-15,25,34H,3H2,1-2H3. The van der Waals surface area contributed by atoms with Gasteiger partial charge in [0.1, 0.15) is 5.82 Å². The van der Waals surface area contributed by atoms with Crippen molar-refractivity contribution >= 4 is 34.8 Å². The number of halogens is 1. The molecule has 0 spiro atoms. The molecule has 0 bridgehead atoms. The number of aromatic hydroxyl groups is 1. The fourth-order valence-electron chi connectivity index (χ4n) is 4.54. The highest BCUT2D eigenvalue weighted by molar-refractivity contribution is 7.07. The number of aromatic nitrogens is 1. The fourth-order valence-corrected chi connectivity index (χ4v) is 5.55. The number of phenols is 1. The van der Waals surface area contributed by atoms with Gasteiger partial charge in [0.2, 0.25) is 5.75 Å². The number of nitrogens with zero attached hydrogens (tertiary/aromatic N) is 3. The summed E-state index contributed by atoms with van der Waals surface area (Å²) in [5.41, 5.74) is 0.559. The van der Waals surface area contributed by atoms with Gasteiger partial charge in [0.05, 0.1) is 40.5 Å². The lowest BCUT2D eigenvalue weighted by Crippen LogP contribution is -2.40. The molecule has 0 amide bonds. The quantitative estimate of drug-likeness (QED) is 0.202. The second-order valence-electron chi connectivity index (χ2n) is 8.83. The highest BCUT2D eigenvalue weighted by atomic mass is 32.1. The van der Waals surface area contributed by atoms with E-state index < -0.39 is 39.7 Å². The fraction of sp³-hybridized carbons (Fsp3) is 0.138. The van der Waals surface area contributed by atoms with Crippen molar-refractivity contribution < 1.29 is 28.7 Å². The van der Waals surface area contributed by atoms with E-state index in [-0.39, 0.29) is 32.8 Å². The molecule has 208 valence electrons. The largest absolute Gasteiger partial charge is 0.500 e. The third-order valence-electron chi connectivity index (χ3n) is 6.35. The van der Waals surface area contributed by atoms with Gasteiger partial charge in [-0.05, 0) is 42.3 Å². The maximum atomic E-state index is 13.9. The lowest BCUT2D eigenvalue weighted by atomic mass is 9.93. The molecule has 4 aromatic rings. The Kier molecular flexibility index (Phi) is 7.49. The summed E-state index contributed by atoms with van der Waals surface area (Å²) >= 11 is 1.01. The highest BCUT2D eigenvalue weighted by Crippen LogP contribution is 2.37. The van der Waals surface area contributed by atoms with E-state index in [4.69, 9.17) is 14.5 Å². The van der Waals surface area contributed by atoms with Gasteiger partial charge in [-0.1, -0.05) is 53.8 Å². The van der Waals surface area contributed by atoms with E-state index in [1.807, 2.05) is 6.07 Å². The first-order valence-electron chi connectivity index (χ1n) is 12.3. The highest BCUT2D eigenvalue weighted by Gasteiger charge is 2.35. The van der Waals surface area contributed by atoms with Crippen LogP contribution in [-0.4, -0.2) is 34.3 Å². The molecule has 3 aromatic carbocycles. The first kappa shape index (κ1) is 27.5. The third kappa shape index (κ3) is 5.12. The second kappa shape index (κ2) is 11.2. The van der Waals surface area contributed by atoms with Gasteiger partial charge in [-0.25, -0.2) is 14.2 Å². The molecule has 1 aliphatic rings. The number of nitro benzene ring substituents is 1. The molecule has 1 atom stereocenters. The van der Waals surface area contributed by atoms with Gasteiger partial charge >= 0.3 is 11.7 Å². The zero-order chi connectivity index (χ0) is 29.3. The Morgan fingerprint density at radius 2 is 1.90 bits per heavy atom. The van der Waals surface area contributed by atoms with Crippen molar-refractivity contribution in [2.45, 2.75) is 13.0 Å². The zero-order valence-corrected chi connectivity index (χ0v) is 22.6. The molecule has 5 rings (SSSR count). The predicted molar refractivity (Wildman–Crippen MR) is 149 cm³/mol. The number of phenolic OH excluding ortho intramolecular Hbond substituents is 1. The molecule has 0 saturated carbocycles. The summed E-state index contributed by atoms with van der Waals surface area (Å²) in [7, 11) is 1.25. The Labute approximate surface area is 235 Å². The average molecular weight is 576 g/mol. The Balaban J connectivity index is 1.82. The molecular weight excluding hydrogens is 553 g/mol. The minimum absolute atomic E-state index is 0.0758. The number of ether oxygens (including phenoxy) is 2. The molecule has 1 N–H and O–H groups in total. The Morgan fingerprint density at radius 3 is 2.54 bits per heavy atom. The van der Waals surface area contributed by atoms with E-state index in [0.717, 1.165) is 17.4 Å². The Morgan fingerprint density at radius 1 is 1.20 bits per heavy atom. The lowest BCUT2D eigenvalue weighted by molar-refractivity contribution is -0.386. The molecule has 1 aromatic heterocycles. The molecule has 1 unspecified atom stereocenters. The molecule has 41 heavy (non-hydrogen) atoms. The van der Waals surface area contributed by atoms with Gasteiger partial charge in [-0.2, -0.15) is 0 Å². The number of benzene rings is 3. The average Bonchev–Trinajstić information content (AvgIpc) is 3.28. The minimum Gasteiger partial charge on any atom is -0.500 e. The van der Waals surface area contributed by atoms with Crippen LogP contribution >= 0.6 is 11.3 Å². The minimum atomic E-state index is -1.01. The number of methoxy groups -OCH3 is 1. The molecule has 0 aliphatic carbocycles. The van der Waals surface area contributed by atoms with E-state index in [0.29, 0.717) is 16.8 Å². The molecule has 10 nitrogen and oxygen atoms in total. The van der Waals surface area contributed by atoms with Crippen molar-refractivity contribution in [3.8, 4) is 11.5 Å². The van der Waals surface area contributed by atoms with Gasteiger partial charge < -0.3 is 14.6 Å². The van der Waals surface area contributed by atoms with E-state index in [1.54, 1.807) is 31.2 Å². The van der Waals surface area contributed by atoms with Crippen LogP contribution in [0.2, 0.25) is 0 Å². The maximum absolute atomic E-state index is 13.9. The van der Waals surface area contributed by atoms with Crippen molar-refractivity contribution in [2.24, 2.45) is 4.99 Å². The van der Waals surface area contributed by atoms with Crippen LogP contribution in [0.15, 0.2) is 82.1 Å². The van der Waals surface area contributed by atoms with Crippen LogP contribution in [0.25, 0.3) is 11.8 Å². The monoisotopic (exact) mass is 575 g/mol. The van der Waals surface area contributed by atoms with E-state index in [1.165, 1.54) is 48.1 Å². The van der Waals surface area contributed by atoms with E-state index in [2.05, 4.69) is 0 Å². The van der Waals surface area contributed by atoms with Crippen LogP contribution in [-0.2, 0) is 9.53 Å². The summed E-state index contributed by atoms with van der Waals surface area (Å²) in [6.45, 7) is 1.74. The van der Waals surface area contributed by atoms with Gasteiger partial charge in [0.25, 0.3) is 5.56 Å². The summed E-state index contributed by atoms with van der Waals surface area (Å²) in [4.78, 5) is 43.0. The summed E-state index contributed by atoms with van der Waals surface area (Å²) in [5.74, 6) is -1.95. The van der Waals surface area contributed by atoms with E-state index in [9.17, 15) is 29.2 Å². The molecule has 1 aliphatic heterocycles. The number of hydrogen-bond donors (Lipinski definition) is 1. The molecule has 0 radical (unpaired) electrons. The normalized spacial score (nSPS) is 14.8. The van der Waals surface area contributed by atoms with Crippen LogP contribution in [0, 0.1) is 15.9 Å². The summed E-state index contributed by atoms with van der Waals surface area (Å²) in [6.07, 6.45) is 1.41. The SMILES string of the molecule is CCOC(=O)C1=C(c2ccccc2)N=c2sc(=Cc3cc(OC)c(O)c([N+](=O)[O-])c3)c(=O)n2C1c1ccc(F)cc1. The summed E-state index contributed by atoms with van der Waals surface area (Å²) < 4.78 is 25.8. The van der Waals surface area contributed by atoms with Crippen LogP contribution in [0.3, 0.4) is 0 Å². The first-order chi connectivity index (χ1) is 19.7. The molecule has 0 fully saturated rings. The predicted octanol–water partition coefficient (Wildman–Crippen LogP) is 3.70. The van der Waals surface area contributed by atoms with Gasteiger partial charge in [0, 0.05) is 11.6 Å². The van der Waals surface area contributed by atoms with Crippen molar-refractivity contribution in [1.29, 1.82) is 0 Å². The molecule has 0 saturated heterocycles. The van der Waals surface area contributed by atoms with Crippen molar-refractivity contribution in [3.05, 3.63) is 125 Å². The maximum Gasteiger partial charge on any atom is 0.338 e. The molecule has 2 heterocycles. The van der Waals surface area contributed by atoms with E-state index >= 15 is 0 Å². The topological polar surface area (TPSA) is 133 Å². The number of nitro groups is 1. The van der Waals surface area contributed by atoms with Crippen LogP contribution in [0.1, 0.15) is 29.7 Å². The number of hydrogen-bond acceptors (Lipinski definition) is 9. The smallest absolute Gasteiger partial charge is 0.338 e. The number of carbonyl (C=O) groups excluding carboxylic acids is 1. The Hall–Kier alpha value is -5.10. The zero-order valence-electron chi connectivity index (χ0n) is 21.7. The van der Waals surface area contributed by atoms with Crippen molar-refractivity contribution in [2.75, 3.05) is 13.7 Å². The number of rotatable bonds is 7. The molecular formula is C29H22FN3O7S. The molecule has 12 heteroatoms. The Bertz CT molecular complexity index is 1880. The summed E-state index contributed by atoms with van der Waals surface area (Å²) in [6, 6.07) is 15.8. The van der Waals surface area contributed by atoms with Crippen molar-refractivity contribution in [3.63, 3.8) is 0 Å². The van der Waals surface area contributed by atoms with Gasteiger partial charge in [-0.15, -0.1) is 0 Å². The van der Waals surface area contributed by atoms with Gasteiger partial charge in [-0.3, -0.25) is 19.5 Å². The van der Waals surface area contributed by atoms with Crippen LogP contribution in [0.5, 0.6) is 11.5 Å². The second-order valence-corrected chi connectivity index (χ2v) is 9.84. The van der Waals surface area contributed by atoms with Crippen molar-refractivity contribution in [1.82, 2.24) is 4.57 Å². The summed E-state index contributed by atoms with van der Waals surface area (Å²) in [5, 5.41) is 21.6. The number of esters is 1. The number of thiazole rings is 1. The third-order valence-corrected chi connectivity index (χ3v) is 7.33. The lowest BCUT2D eigenvalue weighted by Gasteiger charge is -2.25.